The van der Waals surface area contributed by atoms with Crippen molar-refractivity contribution in [3.05, 3.63) is 59.9 Å². The lowest BCUT2D eigenvalue weighted by atomic mass is 10.1. The summed E-state index contributed by atoms with van der Waals surface area (Å²) in [5, 5.41) is 2.86. The molecule has 0 fully saturated rings. The molecule has 0 aliphatic rings. The van der Waals surface area contributed by atoms with Crippen LogP contribution in [0, 0.1) is 5.82 Å². The quantitative estimate of drug-likeness (QED) is 0.927. The van der Waals surface area contributed by atoms with Crippen molar-refractivity contribution in [3.8, 4) is 0 Å². The third-order valence-corrected chi connectivity index (χ3v) is 2.91. The molecule has 0 unspecified atom stereocenters. The number of para-hydroxylation sites is 2. The topological polar surface area (TPSA) is 32.3 Å². The maximum atomic E-state index is 13.1. The molecule has 1 amide bonds. The van der Waals surface area contributed by atoms with Gasteiger partial charge in [0.25, 0.3) is 0 Å². The fourth-order valence-electron chi connectivity index (χ4n) is 2.00. The van der Waals surface area contributed by atoms with E-state index in [0.717, 1.165) is 11.4 Å². The second kappa shape index (κ2) is 6.19. The van der Waals surface area contributed by atoms with Crippen LogP contribution in [0.25, 0.3) is 0 Å². The number of hydrogen-bond donors (Lipinski definition) is 1. The molecule has 0 heterocycles. The van der Waals surface area contributed by atoms with Crippen LogP contribution in [0.4, 0.5) is 15.8 Å². The van der Waals surface area contributed by atoms with Gasteiger partial charge < -0.3 is 10.2 Å². The van der Waals surface area contributed by atoms with Gasteiger partial charge in [0.15, 0.2) is 0 Å². The number of benzene rings is 2. The number of hydrogen-bond acceptors (Lipinski definition) is 2. The third kappa shape index (κ3) is 3.57. The van der Waals surface area contributed by atoms with Gasteiger partial charge in [0.2, 0.25) is 5.91 Å². The van der Waals surface area contributed by atoms with E-state index in [2.05, 4.69) is 5.32 Å². The molecular weight excluding hydrogens is 255 g/mol. The van der Waals surface area contributed by atoms with E-state index in [1.807, 2.05) is 43.3 Å². The van der Waals surface area contributed by atoms with Gasteiger partial charge in [-0.1, -0.05) is 24.3 Å². The summed E-state index contributed by atoms with van der Waals surface area (Å²) in [6.45, 7) is 0. The Morgan fingerprint density at radius 3 is 2.60 bits per heavy atom. The van der Waals surface area contributed by atoms with Gasteiger partial charge in [0.1, 0.15) is 5.82 Å². The summed E-state index contributed by atoms with van der Waals surface area (Å²) >= 11 is 0. The molecule has 0 bridgehead atoms. The summed E-state index contributed by atoms with van der Waals surface area (Å²) in [6, 6.07) is 13.6. The van der Waals surface area contributed by atoms with Crippen LogP contribution < -0.4 is 10.2 Å². The largest absolute Gasteiger partial charge is 0.376 e. The lowest BCUT2D eigenvalue weighted by Gasteiger charge is -2.17. The Kier molecular flexibility index (Phi) is 4.35. The van der Waals surface area contributed by atoms with E-state index in [1.54, 1.807) is 12.1 Å². The number of carbonyl (C=O) groups is 1. The maximum absolute atomic E-state index is 13.1. The molecule has 104 valence electrons. The van der Waals surface area contributed by atoms with Gasteiger partial charge in [0.05, 0.1) is 17.8 Å². The highest BCUT2D eigenvalue weighted by molar-refractivity contribution is 5.95. The van der Waals surface area contributed by atoms with Crippen LogP contribution >= 0.6 is 0 Å². The number of rotatable bonds is 4. The second-order valence-corrected chi connectivity index (χ2v) is 4.77. The molecule has 0 radical (unpaired) electrons. The summed E-state index contributed by atoms with van der Waals surface area (Å²) in [6.07, 6.45) is 0.152. The lowest BCUT2D eigenvalue weighted by Crippen LogP contribution is -2.18. The summed E-state index contributed by atoms with van der Waals surface area (Å²) in [4.78, 5) is 13.9. The normalized spacial score (nSPS) is 10.2. The van der Waals surface area contributed by atoms with Crippen LogP contribution in [0.3, 0.4) is 0 Å². The monoisotopic (exact) mass is 272 g/mol. The molecule has 4 heteroatoms. The van der Waals surface area contributed by atoms with E-state index in [1.165, 1.54) is 12.1 Å². The van der Waals surface area contributed by atoms with Gasteiger partial charge in [0, 0.05) is 14.1 Å². The SMILES string of the molecule is CN(C)c1ccccc1NC(=O)Cc1cccc(F)c1. The summed E-state index contributed by atoms with van der Waals surface area (Å²) in [5.41, 5.74) is 2.34. The zero-order valence-electron chi connectivity index (χ0n) is 11.6. The minimum Gasteiger partial charge on any atom is -0.376 e. The molecule has 20 heavy (non-hydrogen) atoms. The van der Waals surface area contributed by atoms with Gasteiger partial charge in [-0.25, -0.2) is 4.39 Å². The maximum Gasteiger partial charge on any atom is 0.228 e. The van der Waals surface area contributed by atoms with E-state index in [4.69, 9.17) is 0 Å². The summed E-state index contributed by atoms with van der Waals surface area (Å²) in [5.74, 6) is -0.492. The summed E-state index contributed by atoms with van der Waals surface area (Å²) in [7, 11) is 3.83. The van der Waals surface area contributed by atoms with Crippen LogP contribution in [0.15, 0.2) is 48.5 Å². The Morgan fingerprint density at radius 1 is 1.15 bits per heavy atom. The van der Waals surface area contributed by atoms with Gasteiger partial charge in [-0.2, -0.15) is 0 Å². The first-order chi connectivity index (χ1) is 9.56. The van der Waals surface area contributed by atoms with Gasteiger partial charge in [-0.3, -0.25) is 4.79 Å². The van der Waals surface area contributed by atoms with Crippen LogP contribution in [0.2, 0.25) is 0 Å². The predicted octanol–water partition coefficient (Wildman–Crippen LogP) is 3.07. The van der Waals surface area contributed by atoms with Crippen LogP contribution in [-0.2, 0) is 11.2 Å². The highest BCUT2D eigenvalue weighted by Gasteiger charge is 2.08. The Balaban J connectivity index is 2.09. The first kappa shape index (κ1) is 14.1. The molecule has 0 aliphatic carbocycles. The van der Waals surface area contributed by atoms with Crippen molar-refractivity contribution < 1.29 is 9.18 Å². The number of nitrogens with zero attached hydrogens (tertiary/aromatic N) is 1. The predicted molar refractivity (Wildman–Crippen MR) is 79.5 cm³/mol. The minimum atomic E-state index is -0.330. The van der Waals surface area contributed by atoms with Crippen LogP contribution in [-0.4, -0.2) is 20.0 Å². The van der Waals surface area contributed by atoms with E-state index >= 15 is 0 Å². The number of anilines is 2. The van der Waals surface area contributed by atoms with Gasteiger partial charge in [-0.15, -0.1) is 0 Å². The van der Waals surface area contributed by atoms with E-state index in [0.29, 0.717) is 5.56 Å². The molecule has 1 N–H and O–H groups in total. The van der Waals surface area contributed by atoms with Crippen molar-refractivity contribution in [2.24, 2.45) is 0 Å². The number of nitrogens with one attached hydrogen (secondary N) is 1. The average Bonchev–Trinajstić information content (AvgIpc) is 2.38. The molecule has 0 aliphatic heterocycles. The number of halogens is 1. The first-order valence-electron chi connectivity index (χ1n) is 6.37. The molecule has 0 atom stereocenters. The fraction of sp³-hybridized carbons (Fsp3) is 0.188. The van der Waals surface area contributed by atoms with E-state index in [9.17, 15) is 9.18 Å². The Hall–Kier alpha value is -2.36. The Labute approximate surface area is 118 Å². The standard InChI is InChI=1S/C16H17FN2O/c1-19(2)15-9-4-3-8-14(15)18-16(20)11-12-6-5-7-13(17)10-12/h3-10H,11H2,1-2H3,(H,18,20). The van der Waals surface area contributed by atoms with Gasteiger partial charge >= 0.3 is 0 Å². The van der Waals surface area contributed by atoms with Crippen LogP contribution in [0.5, 0.6) is 0 Å². The highest BCUT2D eigenvalue weighted by atomic mass is 19.1. The van der Waals surface area contributed by atoms with Crippen molar-refractivity contribution in [2.45, 2.75) is 6.42 Å². The van der Waals surface area contributed by atoms with Crippen molar-refractivity contribution in [1.82, 2.24) is 0 Å². The van der Waals surface area contributed by atoms with E-state index in [-0.39, 0.29) is 18.1 Å². The minimum absolute atomic E-state index is 0.152. The average molecular weight is 272 g/mol. The molecular formula is C16H17FN2O. The van der Waals surface area contributed by atoms with Crippen molar-refractivity contribution in [3.63, 3.8) is 0 Å². The lowest BCUT2D eigenvalue weighted by molar-refractivity contribution is -0.115. The molecule has 0 saturated carbocycles. The molecule has 0 spiro atoms. The Bertz CT molecular complexity index is 611. The van der Waals surface area contributed by atoms with Crippen molar-refractivity contribution in [2.75, 3.05) is 24.3 Å². The second-order valence-electron chi connectivity index (χ2n) is 4.77. The summed E-state index contributed by atoms with van der Waals surface area (Å²) < 4.78 is 13.1. The smallest absolute Gasteiger partial charge is 0.228 e. The Morgan fingerprint density at radius 2 is 1.90 bits per heavy atom. The van der Waals surface area contributed by atoms with Gasteiger partial charge in [-0.05, 0) is 29.8 Å². The first-order valence-corrected chi connectivity index (χ1v) is 6.37. The molecule has 0 aromatic heterocycles. The van der Waals surface area contributed by atoms with Crippen molar-refractivity contribution >= 4 is 17.3 Å². The number of carbonyl (C=O) groups excluding carboxylic acids is 1. The molecule has 2 aromatic carbocycles. The highest BCUT2D eigenvalue weighted by Crippen LogP contribution is 2.23. The van der Waals surface area contributed by atoms with Crippen LogP contribution in [0.1, 0.15) is 5.56 Å². The third-order valence-electron chi connectivity index (χ3n) is 2.91. The zero-order chi connectivity index (χ0) is 14.5. The zero-order valence-corrected chi connectivity index (χ0v) is 11.6. The van der Waals surface area contributed by atoms with Crippen molar-refractivity contribution in [1.29, 1.82) is 0 Å². The fourth-order valence-corrected chi connectivity index (χ4v) is 2.00. The number of amides is 1. The molecule has 0 saturated heterocycles. The van der Waals surface area contributed by atoms with E-state index < -0.39 is 0 Å². The molecule has 2 rings (SSSR count). The molecule has 2 aromatic rings. The molecule has 3 nitrogen and oxygen atoms in total.